The third kappa shape index (κ3) is 2.35. The van der Waals surface area contributed by atoms with Crippen molar-refractivity contribution in [1.82, 2.24) is 5.32 Å². The van der Waals surface area contributed by atoms with Gasteiger partial charge in [-0.05, 0) is 28.1 Å². The summed E-state index contributed by atoms with van der Waals surface area (Å²) in [7, 11) is 0. The van der Waals surface area contributed by atoms with Gasteiger partial charge in [-0.15, -0.1) is 0 Å². The molecule has 1 N–H and O–H groups in total. The summed E-state index contributed by atoms with van der Waals surface area (Å²) in [6.07, 6.45) is 0. The summed E-state index contributed by atoms with van der Waals surface area (Å²) in [4.78, 5) is 36.2. The lowest BCUT2D eigenvalue weighted by Crippen LogP contribution is -2.40. The molecule has 0 fully saturated rings. The highest BCUT2D eigenvalue weighted by molar-refractivity contribution is 9.10. The Kier molecular flexibility index (Phi) is 3.62. The average Bonchev–Trinajstić information content (AvgIpc) is 2.63. The molecule has 1 heterocycles. The second-order valence-electron chi connectivity index (χ2n) is 3.79. The van der Waals surface area contributed by atoms with Gasteiger partial charge in [0.05, 0.1) is 17.3 Å². The first kappa shape index (κ1) is 13.2. The Morgan fingerprint density at radius 3 is 2.84 bits per heavy atom. The zero-order valence-electron chi connectivity index (χ0n) is 9.64. The van der Waals surface area contributed by atoms with Gasteiger partial charge in [0.2, 0.25) is 5.91 Å². The summed E-state index contributed by atoms with van der Waals surface area (Å²) >= 11 is 3.26. The van der Waals surface area contributed by atoms with Gasteiger partial charge in [-0.2, -0.15) is 5.26 Å². The minimum Gasteiger partial charge on any atom is -0.341 e. The normalized spacial score (nSPS) is 13.2. The number of nitriles is 1. The van der Waals surface area contributed by atoms with Gasteiger partial charge in [0.15, 0.2) is 0 Å². The molecule has 96 valence electrons. The molecular weight excluding hydrogens is 314 g/mol. The highest BCUT2D eigenvalue weighted by Gasteiger charge is 2.37. The van der Waals surface area contributed by atoms with E-state index in [2.05, 4.69) is 21.2 Å². The van der Waals surface area contributed by atoms with E-state index >= 15 is 0 Å². The second-order valence-corrected chi connectivity index (χ2v) is 4.65. The average molecular weight is 322 g/mol. The van der Waals surface area contributed by atoms with Gasteiger partial charge in [-0.3, -0.25) is 19.3 Å². The van der Waals surface area contributed by atoms with E-state index in [1.165, 1.54) is 6.07 Å². The number of para-hydroxylation sites is 1. The molecule has 1 aromatic carbocycles. The summed E-state index contributed by atoms with van der Waals surface area (Å²) in [6.45, 7) is -0.431. The molecule has 1 aliphatic heterocycles. The van der Waals surface area contributed by atoms with Crippen LogP contribution < -0.4 is 10.2 Å². The highest BCUT2D eigenvalue weighted by atomic mass is 79.9. The van der Waals surface area contributed by atoms with Gasteiger partial charge >= 0.3 is 0 Å². The molecule has 2 rings (SSSR count). The Labute approximate surface area is 117 Å². The number of benzene rings is 1. The lowest BCUT2D eigenvalue weighted by atomic mass is 10.1. The van der Waals surface area contributed by atoms with Crippen molar-refractivity contribution in [2.45, 2.75) is 0 Å². The van der Waals surface area contributed by atoms with E-state index in [4.69, 9.17) is 5.26 Å². The van der Waals surface area contributed by atoms with Crippen molar-refractivity contribution >= 4 is 39.2 Å². The van der Waals surface area contributed by atoms with Gasteiger partial charge in [0, 0.05) is 4.47 Å². The number of nitrogens with one attached hydrogen (secondary N) is 1. The van der Waals surface area contributed by atoms with Crippen molar-refractivity contribution in [3.8, 4) is 6.07 Å². The third-order valence-corrected chi connectivity index (χ3v) is 3.25. The zero-order chi connectivity index (χ0) is 14.0. The number of rotatable bonds is 3. The Hall–Kier alpha value is -2.20. The van der Waals surface area contributed by atoms with Crippen LogP contribution in [-0.4, -0.2) is 30.7 Å². The van der Waals surface area contributed by atoms with Gasteiger partial charge in [-0.25, -0.2) is 0 Å². The van der Waals surface area contributed by atoms with E-state index in [-0.39, 0.29) is 18.7 Å². The maximum Gasteiger partial charge on any atom is 0.299 e. The predicted octanol–water partition coefficient (Wildman–Crippen LogP) is 0.618. The quantitative estimate of drug-likeness (QED) is 0.652. The number of ketones is 1. The minimum atomic E-state index is -0.742. The van der Waals surface area contributed by atoms with Crippen LogP contribution in [0.25, 0.3) is 0 Å². The summed E-state index contributed by atoms with van der Waals surface area (Å²) in [5.41, 5.74) is 0.664. The summed E-state index contributed by atoms with van der Waals surface area (Å²) in [5, 5.41) is 10.7. The lowest BCUT2D eigenvalue weighted by molar-refractivity contribution is -0.121. The Morgan fingerprint density at radius 1 is 1.42 bits per heavy atom. The summed E-state index contributed by atoms with van der Waals surface area (Å²) in [5.74, 6) is -1.87. The largest absolute Gasteiger partial charge is 0.341 e. The van der Waals surface area contributed by atoms with Crippen LogP contribution in [0, 0.1) is 11.3 Å². The molecule has 0 bridgehead atoms. The topological polar surface area (TPSA) is 90.3 Å². The standard InChI is InChI=1S/C12H8BrN3O3/c13-8-3-1-2-7-10(8)16(12(19)11(7)18)6-9(17)15-5-4-14/h1-3H,5-6H2,(H,15,17). The number of anilines is 1. The number of Topliss-reactive ketones (excluding diaryl/α,β-unsaturated/α-hetero) is 1. The molecule has 2 amide bonds. The number of hydrogen-bond acceptors (Lipinski definition) is 4. The Bertz CT molecular complexity index is 621. The maximum atomic E-state index is 11.8. The fraction of sp³-hybridized carbons (Fsp3) is 0.167. The van der Waals surface area contributed by atoms with E-state index in [9.17, 15) is 14.4 Å². The van der Waals surface area contributed by atoms with E-state index in [0.29, 0.717) is 10.2 Å². The van der Waals surface area contributed by atoms with Crippen LogP contribution in [0.1, 0.15) is 10.4 Å². The fourth-order valence-electron chi connectivity index (χ4n) is 1.80. The van der Waals surface area contributed by atoms with Crippen molar-refractivity contribution in [1.29, 1.82) is 5.26 Å². The van der Waals surface area contributed by atoms with Gasteiger partial charge in [0.1, 0.15) is 13.1 Å². The zero-order valence-corrected chi connectivity index (χ0v) is 11.2. The first-order valence-corrected chi connectivity index (χ1v) is 6.14. The van der Waals surface area contributed by atoms with Crippen molar-refractivity contribution in [3.05, 3.63) is 28.2 Å². The highest BCUT2D eigenvalue weighted by Crippen LogP contribution is 2.35. The molecule has 0 radical (unpaired) electrons. The number of amides is 2. The number of fused-ring (bicyclic) bond motifs is 1. The van der Waals surface area contributed by atoms with E-state index in [1.54, 1.807) is 18.2 Å². The van der Waals surface area contributed by atoms with Crippen molar-refractivity contribution < 1.29 is 14.4 Å². The van der Waals surface area contributed by atoms with Crippen LogP contribution in [0.5, 0.6) is 0 Å². The van der Waals surface area contributed by atoms with Crippen LogP contribution in [0.3, 0.4) is 0 Å². The van der Waals surface area contributed by atoms with E-state index in [1.807, 2.05) is 0 Å². The second kappa shape index (κ2) is 5.20. The number of hydrogen-bond donors (Lipinski definition) is 1. The molecule has 0 unspecified atom stereocenters. The molecule has 1 aromatic rings. The molecule has 0 aromatic heterocycles. The Balaban J connectivity index is 2.29. The van der Waals surface area contributed by atoms with E-state index < -0.39 is 17.6 Å². The van der Waals surface area contributed by atoms with Crippen LogP contribution in [0.15, 0.2) is 22.7 Å². The molecule has 0 saturated heterocycles. The van der Waals surface area contributed by atoms with E-state index in [0.717, 1.165) is 4.90 Å². The Morgan fingerprint density at radius 2 is 2.16 bits per heavy atom. The molecule has 7 heteroatoms. The minimum absolute atomic E-state index is 0.141. The van der Waals surface area contributed by atoms with Gasteiger partial charge < -0.3 is 5.32 Å². The van der Waals surface area contributed by atoms with Crippen molar-refractivity contribution in [2.75, 3.05) is 18.0 Å². The first-order chi connectivity index (χ1) is 9.06. The van der Waals surface area contributed by atoms with Crippen LogP contribution in [0.2, 0.25) is 0 Å². The van der Waals surface area contributed by atoms with Crippen LogP contribution in [-0.2, 0) is 9.59 Å². The number of nitrogens with zero attached hydrogens (tertiary/aromatic N) is 2. The summed E-state index contributed by atoms with van der Waals surface area (Å²) < 4.78 is 0.567. The van der Waals surface area contributed by atoms with Crippen LogP contribution >= 0.6 is 15.9 Å². The molecular formula is C12H8BrN3O3. The molecule has 19 heavy (non-hydrogen) atoms. The number of halogens is 1. The van der Waals surface area contributed by atoms with Crippen molar-refractivity contribution in [3.63, 3.8) is 0 Å². The third-order valence-electron chi connectivity index (χ3n) is 2.61. The number of carbonyl (C=O) groups excluding carboxylic acids is 3. The SMILES string of the molecule is N#CCNC(=O)CN1C(=O)C(=O)c2cccc(Br)c21. The molecule has 1 aliphatic rings. The molecule has 0 atom stereocenters. The molecule has 0 spiro atoms. The predicted molar refractivity (Wildman–Crippen MR) is 69.4 cm³/mol. The maximum absolute atomic E-state index is 11.8. The van der Waals surface area contributed by atoms with Crippen molar-refractivity contribution in [2.24, 2.45) is 0 Å². The lowest BCUT2D eigenvalue weighted by Gasteiger charge is -2.16. The molecule has 0 saturated carbocycles. The van der Waals surface area contributed by atoms with Gasteiger partial charge in [-0.1, -0.05) is 6.07 Å². The van der Waals surface area contributed by atoms with Gasteiger partial charge in [0.25, 0.3) is 11.7 Å². The fourth-order valence-corrected chi connectivity index (χ4v) is 2.38. The molecule has 6 nitrogen and oxygen atoms in total. The van der Waals surface area contributed by atoms with Crippen LogP contribution in [0.4, 0.5) is 5.69 Å². The monoisotopic (exact) mass is 321 g/mol. The summed E-state index contributed by atoms with van der Waals surface area (Å²) in [6, 6.07) is 6.63. The number of carbonyl (C=O) groups is 3. The first-order valence-electron chi connectivity index (χ1n) is 5.34. The smallest absolute Gasteiger partial charge is 0.299 e. The molecule has 0 aliphatic carbocycles.